The van der Waals surface area contributed by atoms with Crippen molar-refractivity contribution in [3.63, 3.8) is 0 Å². The zero-order valence-electron chi connectivity index (χ0n) is 12.9. The standard InChI is InChI=1S/C8H18NO4.C2H3ClO2.C2H6/c1-9(2,12)5-3-4-8(11)13-7-6-10;1-2(4)5-3;1-2/h10,12H,3-7H2,1-2H3;1H3;1-2H3/q+1;;. The van der Waals surface area contributed by atoms with E-state index in [1.807, 2.05) is 13.8 Å². The largest absolute Gasteiger partial charge is 0.463 e. The summed E-state index contributed by atoms with van der Waals surface area (Å²) < 4.78 is 8.07. The Kier molecular flexibility index (Phi) is 19.5. The van der Waals surface area contributed by atoms with E-state index in [0.717, 1.165) is 0 Å². The number of esters is 1. The Morgan fingerprint density at radius 1 is 1.25 bits per heavy atom. The van der Waals surface area contributed by atoms with Crippen LogP contribution in [-0.4, -0.2) is 60.8 Å². The fraction of sp³-hybridized carbons (Fsp3) is 0.833. The van der Waals surface area contributed by atoms with Gasteiger partial charge in [-0.1, -0.05) is 13.8 Å². The van der Waals surface area contributed by atoms with E-state index in [1.165, 1.54) is 6.92 Å². The Bertz CT molecular complexity index is 243. The van der Waals surface area contributed by atoms with Gasteiger partial charge in [-0.25, -0.2) is 5.21 Å². The van der Waals surface area contributed by atoms with Gasteiger partial charge in [-0.15, -0.1) is 0 Å². The van der Waals surface area contributed by atoms with Gasteiger partial charge in [0.1, 0.15) is 25.0 Å². The topological polar surface area (TPSA) is 93.1 Å². The third-order valence-corrected chi connectivity index (χ3v) is 1.77. The number of ether oxygens (including phenoxy) is 1. The van der Waals surface area contributed by atoms with Crippen LogP contribution in [0.2, 0.25) is 0 Å². The normalized spacial score (nSPS) is 9.40. The highest BCUT2D eigenvalue weighted by Gasteiger charge is 2.11. The molecule has 0 heterocycles. The molecule has 7 nitrogen and oxygen atoms in total. The minimum Gasteiger partial charge on any atom is -0.463 e. The smallest absolute Gasteiger partial charge is 0.321 e. The van der Waals surface area contributed by atoms with E-state index in [9.17, 15) is 14.8 Å². The lowest BCUT2D eigenvalue weighted by Crippen LogP contribution is -2.36. The van der Waals surface area contributed by atoms with Crippen LogP contribution in [0.25, 0.3) is 0 Å². The van der Waals surface area contributed by atoms with E-state index in [2.05, 4.69) is 20.9 Å². The molecule has 0 aliphatic carbocycles. The van der Waals surface area contributed by atoms with Gasteiger partial charge in [-0.2, -0.15) is 4.65 Å². The van der Waals surface area contributed by atoms with Crippen molar-refractivity contribution < 1.29 is 33.6 Å². The summed E-state index contributed by atoms with van der Waals surface area (Å²) >= 11 is 4.49. The van der Waals surface area contributed by atoms with Crippen LogP contribution < -0.4 is 0 Å². The minimum atomic E-state index is -0.480. The summed E-state index contributed by atoms with van der Waals surface area (Å²) in [5.74, 6) is -0.811. The lowest BCUT2D eigenvalue weighted by molar-refractivity contribution is -1.07. The predicted octanol–water partition coefficient (Wildman–Crippen LogP) is 1.50. The summed E-state index contributed by atoms with van der Waals surface area (Å²) in [7, 11) is 3.28. The Morgan fingerprint density at radius 2 is 1.70 bits per heavy atom. The molecule has 20 heavy (non-hydrogen) atoms. The molecule has 0 unspecified atom stereocenters. The third-order valence-electron chi connectivity index (χ3n) is 1.55. The summed E-state index contributed by atoms with van der Waals surface area (Å²) in [5, 5.41) is 17.6. The lowest BCUT2D eigenvalue weighted by Gasteiger charge is -2.18. The first-order chi connectivity index (χ1) is 9.22. The third kappa shape index (κ3) is 30.3. The molecule has 0 amide bonds. The number of halogens is 1. The fourth-order valence-corrected chi connectivity index (χ4v) is 0.842. The van der Waals surface area contributed by atoms with Gasteiger partial charge in [0.05, 0.1) is 27.1 Å². The molecule has 0 aromatic rings. The van der Waals surface area contributed by atoms with Gasteiger partial charge >= 0.3 is 11.9 Å². The highest BCUT2D eigenvalue weighted by Crippen LogP contribution is 1.98. The lowest BCUT2D eigenvalue weighted by atomic mass is 10.3. The number of carbonyl (C=O) groups excluding carboxylic acids is 2. The molecule has 0 fully saturated rings. The number of rotatable bonds is 6. The van der Waals surface area contributed by atoms with Crippen molar-refractivity contribution in [3.05, 3.63) is 0 Å². The van der Waals surface area contributed by atoms with Crippen molar-refractivity contribution in [2.45, 2.75) is 33.6 Å². The van der Waals surface area contributed by atoms with Crippen LogP contribution in [0.5, 0.6) is 0 Å². The highest BCUT2D eigenvalue weighted by molar-refractivity contribution is 6.12. The van der Waals surface area contributed by atoms with Gasteiger partial charge in [-0.05, 0) is 0 Å². The molecule has 0 aromatic heterocycles. The van der Waals surface area contributed by atoms with Crippen molar-refractivity contribution in [2.24, 2.45) is 0 Å². The van der Waals surface area contributed by atoms with E-state index in [-0.39, 0.29) is 30.3 Å². The number of carbonyl (C=O) groups is 2. The van der Waals surface area contributed by atoms with Crippen molar-refractivity contribution in [2.75, 3.05) is 33.9 Å². The number of quaternary nitrogens is 1. The van der Waals surface area contributed by atoms with Gasteiger partial charge in [0, 0.05) is 13.3 Å². The summed E-state index contributed by atoms with van der Waals surface area (Å²) in [6.07, 6.45) is 0.857. The molecule has 0 aliphatic rings. The quantitative estimate of drug-likeness (QED) is 0.438. The van der Waals surface area contributed by atoms with E-state index < -0.39 is 5.97 Å². The summed E-state index contributed by atoms with van der Waals surface area (Å²) in [5.41, 5.74) is 0. The number of aliphatic hydroxyl groups excluding tert-OH is 1. The molecule has 0 saturated carbocycles. The minimum absolute atomic E-state index is 0.0518. The van der Waals surface area contributed by atoms with E-state index >= 15 is 0 Å². The number of hydroxylamine groups is 3. The molecule has 8 heteroatoms. The number of aliphatic hydroxyl groups is 1. The summed E-state index contributed by atoms with van der Waals surface area (Å²) in [6, 6.07) is 0. The van der Waals surface area contributed by atoms with Gasteiger partial charge in [-0.3, -0.25) is 9.59 Å². The molecule has 122 valence electrons. The second-order valence-electron chi connectivity index (χ2n) is 3.96. The summed E-state index contributed by atoms with van der Waals surface area (Å²) in [4.78, 5) is 20.3. The monoisotopic (exact) mass is 316 g/mol. The van der Waals surface area contributed by atoms with Crippen LogP contribution >= 0.6 is 11.9 Å². The molecular weight excluding hydrogens is 290 g/mol. The fourth-order valence-electron chi connectivity index (χ4n) is 0.842. The average molecular weight is 317 g/mol. The van der Waals surface area contributed by atoms with Crippen LogP contribution in [0.1, 0.15) is 33.6 Å². The first-order valence-corrected chi connectivity index (χ1v) is 6.65. The van der Waals surface area contributed by atoms with Gasteiger partial charge < -0.3 is 14.1 Å². The second kappa shape index (κ2) is 16.2. The van der Waals surface area contributed by atoms with E-state index in [4.69, 9.17) is 5.11 Å². The maximum Gasteiger partial charge on any atom is 0.321 e. The molecule has 0 aliphatic heterocycles. The number of hydrogen-bond donors (Lipinski definition) is 2. The van der Waals surface area contributed by atoms with Crippen LogP contribution in [0.15, 0.2) is 0 Å². The van der Waals surface area contributed by atoms with Gasteiger partial charge in [0.15, 0.2) is 0 Å². The molecule has 2 N–H and O–H groups in total. The molecule has 0 atom stereocenters. The molecule has 0 bridgehead atoms. The van der Waals surface area contributed by atoms with Crippen molar-refractivity contribution in [1.82, 2.24) is 0 Å². The van der Waals surface area contributed by atoms with Gasteiger partial charge in [0.25, 0.3) is 0 Å². The molecule has 0 spiro atoms. The van der Waals surface area contributed by atoms with Crippen LogP contribution in [0.4, 0.5) is 0 Å². The maximum absolute atomic E-state index is 10.9. The molecule has 0 aromatic carbocycles. The highest BCUT2D eigenvalue weighted by atomic mass is 35.5. The maximum atomic E-state index is 10.9. The first-order valence-electron chi connectivity index (χ1n) is 6.34. The Hall–Kier alpha value is -0.890. The Morgan fingerprint density at radius 3 is 2.00 bits per heavy atom. The second-order valence-corrected chi connectivity index (χ2v) is 4.12. The predicted molar refractivity (Wildman–Crippen MR) is 75.0 cm³/mol. The van der Waals surface area contributed by atoms with Gasteiger partial charge in [0.2, 0.25) is 0 Å². The average Bonchev–Trinajstić information content (AvgIpc) is 2.38. The molecule has 0 rings (SSSR count). The molecule has 0 saturated heterocycles. The zero-order valence-corrected chi connectivity index (χ0v) is 13.6. The summed E-state index contributed by atoms with van der Waals surface area (Å²) in [6.45, 7) is 5.64. The van der Waals surface area contributed by atoms with Crippen LogP contribution in [-0.2, 0) is 18.6 Å². The SMILES string of the molecule is CC.CC(=O)OCl.C[N+](C)(O)CCCC(=O)OCCO. The molecule has 0 radical (unpaired) electrons. The van der Waals surface area contributed by atoms with Crippen LogP contribution in [0, 0.1) is 0 Å². The van der Waals surface area contributed by atoms with Crippen molar-refractivity contribution in [1.29, 1.82) is 0 Å². The van der Waals surface area contributed by atoms with Crippen molar-refractivity contribution >= 4 is 23.8 Å². The first kappa shape index (κ1) is 24.1. The van der Waals surface area contributed by atoms with E-state index in [1.54, 1.807) is 14.1 Å². The number of nitrogens with zero attached hydrogens (tertiary/aromatic N) is 1. The zero-order chi connectivity index (χ0) is 16.6. The van der Waals surface area contributed by atoms with Crippen molar-refractivity contribution in [3.8, 4) is 0 Å². The Balaban J connectivity index is -0.000000346. The Labute approximate surface area is 125 Å². The van der Waals surface area contributed by atoms with Crippen LogP contribution in [0.3, 0.4) is 0 Å². The van der Waals surface area contributed by atoms with E-state index in [0.29, 0.717) is 13.0 Å². The number of hydrogen-bond acceptors (Lipinski definition) is 6. The molecular formula is C12H27ClNO6+.